The highest BCUT2D eigenvalue weighted by Crippen LogP contribution is 2.33. The summed E-state index contributed by atoms with van der Waals surface area (Å²) in [6, 6.07) is 0. The fourth-order valence-corrected chi connectivity index (χ4v) is 3.28. The fourth-order valence-electron chi connectivity index (χ4n) is 2.13. The number of carbonyl (C=O) groups is 3. The van der Waals surface area contributed by atoms with Gasteiger partial charge in [-0.05, 0) is 25.8 Å². The molecule has 0 saturated carbocycles. The van der Waals surface area contributed by atoms with Crippen molar-refractivity contribution in [3.63, 3.8) is 0 Å². The quantitative estimate of drug-likeness (QED) is 0.581. The van der Waals surface area contributed by atoms with Crippen LogP contribution in [-0.4, -0.2) is 44.5 Å². The second kappa shape index (κ2) is 9.26. The molecule has 0 aliphatic heterocycles. The van der Waals surface area contributed by atoms with Gasteiger partial charge in [-0.25, -0.2) is 4.79 Å². The fraction of sp³-hybridized carbons (Fsp3) is 0.533. The Morgan fingerprint density at radius 3 is 2.39 bits per heavy atom. The van der Waals surface area contributed by atoms with Gasteiger partial charge in [0.2, 0.25) is 0 Å². The smallest absolute Gasteiger partial charge is 0.341 e. The van der Waals surface area contributed by atoms with Gasteiger partial charge in [0.05, 0.1) is 12.2 Å². The molecular weight excluding hydrogens is 318 g/mol. The van der Waals surface area contributed by atoms with Gasteiger partial charge in [-0.15, -0.1) is 11.3 Å². The van der Waals surface area contributed by atoms with Gasteiger partial charge >= 0.3 is 5.97 Å². The van der Waals surface area contributed by atoms with Crippen molar-refractivity contribution < 1.29 is 24.4 Å². The average molecular weight is 342 g/mol. The Kier molecular flexibility index (Phi) is 7.70. The van der Waals surface area contributed by atoms with E-state index in [2.05, 4.69) is 10.6 Å². The van der Waals surface area contributed by atoms with Crippen LogP contribution in [0, 0.1) is 6.92 Å². The summed E-state index contributed by atoms with van der Waals surface area (Å²) < 4.78 is 5.09. The highest BCUT2D eigenvalue weighted by molar-refractivity contribution is 7.16. The normalized spacial score (nSPS) is 10.3. The second-order valence-corrected chi connectivity index (χ2v) is 6.06. The molecule has 7 nitrogen and oxygen atoms in total. The number of quaternary nitrogens is 1. The molecule has 23 heavy (non-hydrogen) atoms. The maximum Gasteiger partial charge on any atom is 0.341 e. The summed E-state index contributed by atoms with van der Waals surface area (Å²) in [7, 11) is 1.54. The lowest BCUT2D eigenvalue weighted by Gasteiger charge is -2.07. The Labute approximate surface area is 139 Å². The van der Waals surface area contributed by atoms with Crippen LogP contribution in [0.15, 0.2) is 0 Å². The van der Waals surface area contributed by atoms with Gasteiger partial charge in [-0.2, -0.15) is 0 Å². The largest absolute Gasteiger partial charge is 0.462 e. The van der Waals surface area contributed by atoms with E-state index in [0.717, 1.165) is 10.4 Å². The van der Waals surface area contributed by atoms with Crippen LogP contribution in [0.25, 0.3) is 0 Å². The van der Waals surface area contributed by atoms with Crippen LogP contribution in [-0.2, 0) is 20.7 Å². The first kappa shape index (κ1) is 19.1. The van der Waals surface area contributed by atoms with Crippen LogP contribution in [0.1, 0.15) is 34.6 Å². The Hall–Kier alpha value is -1.93. The third-order valence-corrected chi connectivity index (χ3v) is 4.30. The first-order valence-corrected chi connectivity index (χ1v) is 8.37. The maximum atomic E-state index is 12.2. The van der Waals surface area contributed by atoms with Crippen LogP contribution < -0.4 is 16.0 Å². The van der Waals surface area contributed by atoms with Gasteiger partial charge in [-0.3, -0.25) is 9.59 Å². The molecule has 2 amide bonds. The Morgan fingerprint density at radius 1 is 1.17 bits per heavy atom. The monoisotopic (exact) mass is 342 g/mol. The number of likely N-dealkylation sites (N-methyl/N-ethyl adjacent to an activating group) is 1. The van der Waals surface area contributed by atoms with E-state index in [1.165, 1.54) is 11.3 Å². The summed E-state index contributed by atoms with van der Waals surface area (Å²) in [5.41, 5.74) is 1.34. The molecule has 0 bridgehead atoms. The van der Waals surface area contributed by atoms with Crippen LogP contribution in [0.3, 0.4) is 0 Å². The van der Waals surface area contributed by atoms with Gasteiger partial charge in [0.25, 0.3) is 11.8 Å². The number of rotatable bonds is 8. The van der Waals surface area contributed by atoms with Crippen molar-refractivity contribution in [1.82, 2.24) is 5.32 Å². The Bertz CT molecular complexity index is 584. The molecule has 128 valence electrons. The van der Waals surface area contributed by atoms with E-state index in [0.29, 0.717) is 17.0 Å². The molecule has 0 aliphatic carbocycles. The number of carbonyl (C=O) groups excluding carboxylic acids is 3. The number of esters is 1. The predicted octanol–water partition coefficient (Wildman–Crippen LogP) is 0.0435. The summed E-state index contributed by atoms with van der Waals surface area (Å²) in [4.78, 5) is 36.3. The molecule has 0 unspecified atom stereocenters. The third-order valence-electron chi connectivity index (χ3n) is 3.23. The van der Waals surface area contributed by atoms with Gasteiger partial charge in [0, 0.05) is 11.9 Å². The molecule has 0 radical (unpaired) electrons. The Morgan fingerprint density at radius 2 is 1.83 bits per heavy atom. The van der Waals surface area contributed by atoms with Crippen molar-refractivity contribution in [2.75, 3.05) is 32.1 Å². The van der Waals surface area contributed by atoms with Crippen LogP contribution in [0.5, 0.6) is 0 Å². The molecule has 0 fully saturated rings. The summed E-state index contributed by atoms with van der Waals surface area (Å²) in [5, 5.41) is 7.34. The van der Waals surface area contributed by atoms with E-state index >= 15 is 0 Å². The highest BCUT2D eigenvalue weighted by Gasteiger charge is 2.23. The maximum absolute atomic E-state index is 12.2. The van der Waals surface area contributed by atoms with E-state index in [1.54, 1.807) is 19.3 Å². The zero-order chi connectivity index (χ0) is 17.4. The minimum atomic E-state index is -0.418. The lowest BCUT2D eigenvalue weighted by atomic mass is 10.1. The minimum absolute atomic E-state index is 0.105. The van der Waals surface area contributed by atoms with E-state index in [-0.39, 0.29) is 31.5 Å². The van der Waals surface area contributed by atoms with Gasteiger partial charge < -0.3 is 20.7 Å². The van der Waals surface area contributed by atoms with Crippen molar-refractivity contribution in [3.05, 3.63) is 16.0 Å². The van der Waals surface area contributed by atoms with E-state index in [4.69, 9.17) is 4.74 Å². The van der Waals surface area contributed by atoms with Crippen molar-refractivity contribution in [2.45, 2.75) is 27.2 Å². The molecule has 1 heterocycles. The first-order chi connectivity index (χ1) is 10.9. The molecule has 0 aliphatic rings. The van der Waals surface area contributed by atoms with Crippen molar-refractivity contribution in [2.24, 2.45) is 0 Å². The number of amides is 2. The highest BCUT2D eigenvalue weighted by atomic mass is 32.1. The molecule has 0 atom stereocenters. The van der Waals surface area contributed by atoms with Gasteiger partial charge in [0.1, 0.15) is 5.00 Å². The zero-order valence-electron chi connectivity index (χ0n) is 13.9. The average Bonchev–Trinajstić information content (AvgIpc) is 2.82. The number of ether oxygens (including phenoxy) is 1. The minimum Gasteiger partial charge on any atom is -0.462 e. The summed E-state index contributed by atoms with van der Waals surface area (Å²) >= 11 is 1.37. The number of nitrogens with two attached hydrogens (primary N) is 1. The topological polar surface area (TPSA) is 101 Å². The number of anilines is 1. The standard InChI is InChI=1S/C15H23N3O4S/c1-5-10-9(3)23-14(13(10)15(21)22-6-2)18-12(20)8-17-7-11(19)16-4/h17H,5-8H2,1-4H3,(H,16,19)(H,18,20)/p+1. The number of thiophene rings is 1. The van der Waals surface area contributed by atoms with Crippen LogP contribution >= 0.6 is 11.3 Å². The third kappa shape index (κ3) is 5.33. The molecule has 8 heteroatoms. The zero-order valence-corrected chi connectivity index (χ0v) is 14.8. The molecule has 0 spiro atoms. The summed E-state index contributed by atoms with van der Waals surface area (Å²) in [6.45, 7) is 6.19. The molecule has 4 N–H and O–H groups in total. The number of hydrogen-bond acceptors (Lipinski definition) is 5. The molecule has 0 aromatic carbocycles. The van der Waals surface area contributed by atoms with Crippen molar-refractivity contribution >= 4 is 34.1 Å². The number of nitrogens with one attached hydrogen (secondary N) is 2. The van der Waals surface area contributed by atoms with Crippen LogP contribution in [0.4, 0.5) is 5.00 Å². The van der Waals surface area contributed by atoms with Crippen molar-refractivity contribution in [3.8, 4) is 0 Å². The number of aryl methyl sites for hydroxylation is 1. The van der Waals surface area contributed by atoms with E-state index < -0.39 is 5.97 Å². The van der Waals surface area contributed by atoms with Gasteiger partial charge in [-0.1, -0.05) is 6.92 Å². The molecule has 1 aromatic heterocycles. The van der Waals surface area contributed by atoms with Crippen molar-refractivity contribution in [1.29, 1.82) is 0 Å². The first-order valence-electron chi connectivity index (χ1n) is 7.55. The summed E-state index contributed by atoms with van der Waals surface area (Å²) in [5.74, 6) is -0.827. The molecule has 0 saturated heterocycles. The number of hydrogen-bond donors (Lipinski definition) is 3. The molecular formula is C15H24N3O4S+. The lowest BCUT2D eigenvalue weighted by Crippen LogP contribution is -2.88. The molecule has 1 rings (SSSR count). The Balaban J connectivity index is 2.81. The molecule has 1 aromatic rings. The van der Waals surface area contributed by atoms with Gasteiger partial charge in [0.15, 0.2) is 13.1 Å². The predicted molar refractivity (Wildman–Crippen MR) is 88.7 cm³/mol. The SMILES string of the molecule is CCOC(=O)c1c(NC(=O)C[NH2+]CC(=O)NC)sc(C)c1CC. The second-order valence-electron chi connectivity index (χ2n) is 4.83. The van der Waals surface area contributed by atoms with E-state index in [1.807, 2.05) is 13.8 Å². The summed E-state index contributed by atoms with van der Waals surface area (Å²) in [6.07, 6.45) is 0.690. The lowest BCUT2D eigenvalue weighted by molar-refractivity contribution is -0.632. The van der Waals surface area contributed by atoms with Crippen LogP contribution in [0.2, 0.25) is 0 Å². The van der Waals surface area contributed by atoms with E-state index in [9.17, 15) is 14.4 Å².